The smallest absolute Gasteiger partial charge is 0.233 e. The molecule has 1 aromatic carbocycles. The molecule has 3 aliphatic heterocycles. The largest absolute Gasteiger partial charge is 0.511 e. The number of allylic oxidation sites excluding steroid dienone is 2. The summed E-state index contributed by atoms with van der Waals surface area (Å²) in [6.45, 7) is 3.07. The number of fused-ring (bicyclic) bond motifs is 2. The van der Waals surface area contributed by atoms with Gasteiger partial charge >= 0.3 is 0 Å². The summed E-state index contributed by atoms with van der Waals surface area (Å²) < 4.78 is 16.6. The van der Waals surface area contributed by atoms with Crippen molar-refractivity contribution in [3.8, 4) is 22.6 Å². The summed E-state index contributed by atoms with van der Waals surface area (Å²) >= 11 is 0. The monoisotopic (exact) mass is 447 g/mol. The van der Waals surface area contributed by atoms with Gasteiger partial charge in [0.15, 0.2) is 11.5 Å². The number of hydrogen-bond acceptors (Lipinski definition) is 6. The number of carbonyl (C=O) groups is 1. The highest BCUT2D eigenvalue weighted by Crippen LogP contribution is 2.45. The highest BCUT2D eigenvalue weighted by Gasteiger charge is 2.32. The number of nitrogens with one attached hydrogen (secondary N) is 2. The quantitative estimate of drug-likeness (QED) is 0.667. The molecule has 2 aromatic rings. The van der Waals surface area contributed by atoms with E-state index in [-0.39, 0.29) is 18.5 Å². The number of benzene rings is 1. The van der Waals surface area contributed by atoms with Crippen LogP contribution in [0.3, 0.4) is 0 Å². The van der Waals surface area contributed by atoms with E-state index in [2.05, 4.69) is 16.4 Å². The zero-order valence-corrected chi connectivity index (χ0v) is 18.1. The van der Waals surface area contributed by atoms with Crippen molar-refractivity contribution in [2.45, 2.75) is 6.42 Å². The Labute approximate surface area is 191 Å². The van der Waals surface area contributed by atoms with Crippen LogP contribution in [-0.2, 0) is 9.53 Å². The van der Waals surface area contributed by atoms with Gasteiger partial charge in [0.1, 0.15) is 11.6 Å². The first-order valence-corrected chi connectivity index (χ1v) is 11.2. The van der Waals surface area contributed by atoms with Crippen molar-refractivity contribution in [2.75, 3.05) is 45.0 Å². The van der Waals surface area contributed by atoms with E-state index in [1.54, 1.807) is 11.0 Å². The molecule has 1 aromatic heterocycles. The molecule has 3 N–H and O–H groups in total. The van der Waals surface area contributed by atoms with Crippen molar-refractivity contribution in [2.24, 2.45) is 5.92 Å². The summed E-state index contributed by atoms with van der Waals surface area (Å²) in [6, 6.07) is 5.89. The number of aliphatic hydroxyl groups excluding tert-OH is 1. The fourth-order valence-electron chi connectivity index (χ4n) is 4.86. The molecule has 8 heteroatoms. The molecule has 0 saturated carbocycles. The minimum Gasteiger partial charge on any atom is -0.511 e. The summed E-state index contributed by atoms with van der Waals surface area (Å²) in [5.74, 6) is 1.97. The van der Waals surface area contributed by atoms with Crippen molar-refractivity contribution >= 4 is 17.8 Å². The first kappa shape index (κ1) is 20.0. The lowest BCUT2D eigenvalue weighted by Gasteiger charge is -2.32. The van der Waals surface area contributed by atoms with E-state index >= 15 is 0 Å². The molecular weight excluding hydrogens is 422 g/mol. The van der Waals surface area contributed by atoms with Crippen LogP contribution in [0.5, 0.6) is 11.5 Å². The predicted octanol–water partition coefficient (Wildman–Crippen LogP) is 3.47. The fraction of sp³-hybridized carbons (Fsp3) is 0.320. The summed E-state index contributed by atoms with van der Waals surface area (Å²) in [7, 11) is 0. The Hall–Kier alpha value is -3.65. The number of rotatable bonds is 3. The highest BCUT2D eigenvalue weighted by atomic mass is 16.7. The Morgan fingerprint density at radius 1 is 1.09 bits per heavy atom. The number of anilines is 1. The second kappa shape index (κ2) is 8.04. The molecule has 1 fully saturated rings. The third-order valence-electron chi connectivity index (χ3n) is 6.65. The third-order valence-corrected chi connectivity index (χ3v) is 6.65. The molecule has 1 aliphatic carbocycles. The van der Waals surface area contributed by atoms with Gasteiger partial charge in [0, 0.05) is 42.5 Å². The van der Waals surface area contributed by atoms with Gasteiger partial charge in [0.2, 0.25) is 12.7 Å². The lowest BCUT2D eigenvalue weighted by Crippen LogP contribution is -2.44. The Balaban J connectivity index is 1.30. The average Bonchev–Trinajstić information content (AvgIpc) is 3.51. The van der Waals surface area contributed by atoms with Gasteiger partial charge in [-0.3, -0.25) is 4.79 Å². The van der Waals surface area contributed by atoms with Crippen molar-refractivity contribution in [1.29, 1.82) is 0 Å². The Kier molecular flexibility index (Phi) is 4.87. The van der Waals surface area contributed by atoms with Gasteiger partial charge in [0.25, 0.3) is 0 Å². The maximum atomic E-state index is 13.1. The van der Waals surface area contributed by atoms with Gasteiger partial charge in [-0.1, -0.05) is 18.2 Å². The first-order chi connectivity index (χ1) is 16.2. The van der Waals surface area contributed by atoms with E-state index in [4.69, 9.17) is 14.2 Å². The maximum absolute atomic E-state index is 13.1. The van der Waals surface area contributed by atoms with E-state index in [9.17, 15) is 9.90 Å². The molecule has 4 heterocycles. The molecule has 4 aliphatic rings. The van der Waals surface area contributed by atoms with Crippen LogP contribution in [0, 0.1) is 5.92 Å². The SMILES string of the molecule is O=C(C1CC(C2=Cc3c(-c4cccc5c4OCO5)c[nH]c3NC2)=CC=C1O)N1CCOCC1. The van der Waals surface area contributed by atoms with Crippen molar-refractivity contribution in [3.63, 3.8) is 0 Å². The van der Waals surface area contributed by atoms with Crippen molar-refractivity contribution < 1.29 is 24.1 Å². The molecule has 1 atom stereocenters. The minimum absolute atomic E-state index is 0.0398. The van der Waals surface area contributed by atoms with Crippen molar-refractivity contribution in [3.05, 3.63) is 59.0 Å². The van der Waals surface area contributed by atoms with E-state index in [1.807, 2.05) is 30.5 Å². The standard InChI is InChI=1S/C25H25N3O5/c29-21-5-4-15(10-19(21)25(30)28-6-8-31-9-7-28)16-11-18-20(13-27-24(18)26-12-16)17-2-1-3-22-23(17)33-14-32-22/h1-5,11,13,19,26-27,29H,6-10,12,14H2. The fourth-order valence-corrected chi connectivity index (χ4v) is 4.86. The van der Waals surface area contributed by atoms with Gasteiger partial charge in [0.05, 0.1) is 19.1 Å². The number of amides is 1. The van der Waals surface area contributed by atoms with Gasteiger partial charge in [-0.15, -0.1) is 0 Å². The summed E-state index contributed by atoms with van der Waals surface area (Å²) in [5.41, 5.74) is 5.17. The molecular formula is C25H25N3O5. The lowest BCUT2D eigenvalue weighted by molar-refractivity contribution is -0.139. The number of aromatic amines is 1. The molecule has 1 saturated heterocycles. The van der Waals surface area contributed by atoms with E-state index in [1.165, 1.54) is 0 Å². The summed E-state index contributed by atoms with van der Waals surface area (Å²) in [6.07, 6.45) is 8.18. The van der Waals surface area contributed by atoms with E-state index < -0.39 is 5.92 Å². The maximum Gasteiger partial charge on any atom is 0.233 e. The molecule has 0 spiro atoms. The highest BCUT2D eigenvalue weighted by molar-refractivity contribution is 5.89. The van der Waals surface area contributed by atoms with Gasteiger partial charge in [-0.05, 0) is 35.8 Å². The second-order valence-electron chi connectivity index (χ2n) is 8.53. The molecule has 1 unspecified atom stereocenters. The third kappa shape index (κ3) is 3.47. The zero-order valence-electron chi connectivity index (χ0n) is 18.1. The van der Waals surface area contributed by atoms with E-state index in [0.717, 1.165) is 45.2 Å². The van der Waals surface area contributed by atoms with Crippen LogP contribution < -0.4 is 14.8 Å². The number of aliphatic hydroxyl groups is 1. The summed E-state index contributed by atoms with van der Waals surface area (Å²) in [5, 5.41) is 13.9. The van der Waals surface area contributed by atoms with Gasteiger partial charge < -0.3 is 34.5 Å². The van der Waals surface area contributed by atoms with Crippen LogP contribution in [0.25, 0.3) is 17.2 Å². The predicted molar refractivity (Wildman–Crippen MR) is 123 cm³/mol. The van der Waals surface area contributed by atoms with Crippen LogP contribution in [0.15, 0.2) is 53.5 Å². The Bertz CT molecular complexity index is 1200. The topological polar surface area (TPSA) is 96.0 Å². The molecule has 0 bridgehead atoms. The van der Waals surface area contributed by atoms with Crippen LogP contribution >= 0.6 is 0 Å². The Morgan fingerprint density at radius 3 is 2.85 bits per heavy atom. The molecule has 170 valence electrons. The number of ether oxygens (including phenoxy) is 3. The van der Waals surface area contributed by atoms with Crippen LogP contribution in [0.4, 0.5) is 5.82 Å². The van der Waals surface area contributed by atoms with Crippen LogP contribution in [0.2, 0.25) is 0 Å². The van der Waals surface area contributed by atoms with Gasteiger partial charge in [-0.25, -0.2) is 0 Å². The minimum atomic E-state index is -0.556. The number of para-hydroxylation sites is 1. The number of carbonyl (C=O) groups excluding carboxylic acids is 1. The number of morpholine rings is 1. The molecule has 6 rings (SSSR count). The van der Waals surface area contributed by atoms with Crippen LogP contribution in [0.1, 0.15) is 12.0 Å². The molecule has 1 amide bonds. The van der Waals surface area contributed by atoms with Gasteiger partial charge in [-0.2, -0.15) is 0 Å². The van der Waals surface area contributed by atoms with Crippen molar-refractivity contribution in [1.82, 2.24) is 9.88 Å². The first-order valence-electron chi connectivity index (χ1n) is 11.2. The normalized spacial score (nSPS) is 21.5. The zero-order chi connectivity index (χ0) is 22.4. The molecule has 0 radical (unpaired) electrons. The molecule has 8 nitrogen and oxygen atoms in total. The number of hydrogen-bond donors (Lipinski definition) is 3. The lowest BCUT2D eigenvalue weighted by atomic mass is 9.85. The van der Waals surface area contributed by atoms with E-state index in [0.29, 0.717) is 39.3 Å². The van der Waals surface area contributed by atoms with Crippen LogP contribution in [-0.4, -0.2) is 60.5 Å². The Morgan fingerprint density at radius 2 is 1.97 bits per heavy atom. The average molecular weight is 447 g/mol. The summed E-state index contributed by atoms with van der Waals surface area (Å²) in [4.78, 5) is 18.2. The number of H-pyrrole nitrogens is 1. The number of nitrogens with zero attached hydrogens (tertiary/aromatic N) is 1. The number of aromatic nitrogens is 1. The molecule has 33 heavy (non-hydrogen) atoms. The second-order valence-corrected chi connectivity index (χ2v) is 8.53.